The number of hydrogen-bond donors (Lipinski definition) is 0. The van der Waals surface area contributed by atoms with Crippen molar-refractivity contribution < 1.29 is 13.2 Å². The summed E-state index contributed by atoms with van der Waals surface area (Å²) in [5.41, 5.74) is 5.22. The second-order valence-electron chi connectivity index (χ2n) is 9.28. The monoisotopic (exact) mass is 433 g/mol. The van der Waals surface area contributed by atoms with Gasteiger partial charge in [0.1, 0.15) is 0 Å². The van der Waals surface area contributed by atoms with Gasteiger partial charge in [0.05, 0.1) is 5.69 Å². The Balaban J connectivity index is 1.97. The van der Waals surface area contributed by atoms with Crippen LogP contribution in [-0.4, -0.2) is 11.3 Å². The van der Waals surface area contributed by atoms with Gasteiger partial charge in [-0.3, -0.25) is 0 Å². The summed E-state index contributed by atoms with van der Waals surface area (Å²) in [7, 11) is 0. The molecule has 2 aromatic rings. The zero-order valence-corrected chi connectivity index (χ0v) is 18.5. The fraction of sp³-hybridized carbons (Fsp3) is 0.400. The summed E-state index contributed by atoms with van der Waals surface area (Å²) in [5, 5.41) is -1.38. The molecule has 0 aromatic heterocycles. The van der Waals surface area contributed by atoms with E-state index in [9.17, 15) is 13.2 Å². The molecule has 0 radical (unpaired) electrons. The normalized spacial score (nSPS) is 19.1. The van der Waals surface area contributed by atoms with Crippen molar-refractivity contribution in [3.63, 3.8) is 0 Å². The van der Waals surface area contributed by atoms with Gasteiger partial charge in [-0.15, -0.1) is 6.58 Å². The Labute approximate surface area is 181 Å². The minimum absolute atomic E-state index is 0.0627. The average molecular weight is 434 g/mol. The molecular formula is C25H27ClF3N. The van der Waals surface area contributed by atoms with E-state index in [4.69, 9.17) is 11.6 Å². The number of allylic oxidation sites excluding steroid dienone is 1. The zero-order valence-electron chi connectivity index (χ0n) is 17.8. The van der Waals surface area contributed by atoms with Gasteiger partial charge in [0.15, 0.2) is 0 Å². The van der Waals surface area contributed by atoms with Gasteiger partial charge in [-0.05, 0) is 58.1 Å². The lowest BCUT2D eigenvalue weighted by Crippen LogP contribution is -2.34. The third-order valence-corrected chi connectivity index (χ3v) is 6.48. The van der Waals surface area contributed by atoms with Crippen molar-refractivity contribution in [3.8, 4) is 0 Å². The van der Waals surface area contributed by atoms with E-state index in [0.29, 0.717) is 0 Å². The second kappa shape index (κ2) is 7.88. The highest BCUT2D eigenvalue weighted by Gasteiger charge is 2.37. The van der Waals surface area contributed by atoms with Crippen molar-refractivity contribution in [2.45, 2.75) is 63.5 Å². The largest absolute Gasteiger partial charge is 0.444 e. The first-order chi connectivity index (χ1) is 13.8. The van der Waals surface area contributed by atoms with E-state index in [2.05, 4.69) is 57.5 Å². The molecular weight excluding hydrogens is 407 g/mol. The number of fused-ring (bicyclic) bond motifs is 1. The summed E-state index contributed by atoms with van der Waals surface area (Å²) in [6.45, 7) is 13.1. The summed E-state index contributed by atoms with van der Waals surface area (Å²) in [5.74, 6) is -0.0627. The average Bonchev–Trinajstić information content (AvgIpc) is 2.67. The van der Waals surface area contributed by atoms with Gasteiger partial charge < -0.3 is 0 Å². The smallest absolute Gasteiger partial charge is 0.232 e. The van der Waals surface area contributed by atoms with Crippen molar-refractivity contribution in [3.05, 3.63) is 77.4 Å². The van der Waals surface area contributed by atoms with E-state index in [-0.39, 0.29) is 22.4 Å². The standard InChI is InChI=1S/C25H27ClF3N/c1-6-19(16-7-10-18(11-8-16)30-22(26)25(27,28)29)17-9-12-20-21(15-17)24(4,5)14-13-23(20,2)3/h6-12,15,19H,1,13-14H2,2-5H3. The number of halogens is 4. The van der Waals surface area contributed by atoms with Gasteiger partial charge in [0.2, 0.25) is 5.17 Å². The van der Waals surface area contributed by atoms with Crippen LogP contribution in [0.1, 0.15) is 68.7 Å². The van der Waals surface area contributed by atoms with Crippen LogP contribution < -0.4 is 0 Å². The molecule has 0 saturated carbocycles. The molecule has 0 N–H and O–H groups in total. The summed E-state index contributed by atoms with van der Waals surface area (Å²) in [4.78, 5) is 3.45. The van der Waals surface area contributed by atoms with Crippen LogP contribution in [0.15, 0.2) is 60.1 Å². The van der Waals surface area contributed by atoms with Crippen LogP contribution in [0.3, 0.4) is 0 Å². The van der Waals surface area contributed by atoms with Crippen LogP contribution in [0.2, 0.25) is 0 Å². The Kier molecular flexibility index (Phi) is 5.94. The molecule has 1 unspecified atom stereocenters. The predicted octanol–water partition coefficient (Wildman–Crippen LogP) is 8.18. The van der Waals surface area contributed by atoms with Crippen LogP contribution in [-0.2, 0) is 10.8 Å². The molecule has 0 amide bonds. The van der Waals surface area contributed by atoms with Crippen molar-refractivity contribution >= 4 is 22.5 Å². The Hall–Kier alpha value is -2.07. The SMILES string of the molecule is C=CC(c1ccc(N=C(Cl)C(F)(F)F)cc1)c1ccc2c(c1)C(C)(C)CCC2(C)C. The fourth-order valence-corrected chi connectivity index (χ4v) is 4.29. The third kappa shape index (κ3) is 4.49. The van der Waals surface area contributed by atoms with E-state index in [0.717, 1.165) is 24.0 Å². The molecule has 0 saturated heterocycles. The van der Waals surface area contributed by atoms with Gasteiger partial charge in [-0.25, -0.2) is 4.99 Å². The van der Waals surface area contributed by atoms with E-state index < -0.39 is 11.3 Å². The summed E-state index contributed by atoms with van der Waals surface area (Å²) in [6, 6.07) is 13.3. The molecule has 3 rings (SSSR count). The number of benzene rings is 2. The number of alkyl halides is 3. The topological polar surface area (TPSA) is 12.4 Å². The van der Waals surface area contributed by atoms with Crippen LogP contribution in [0.25, 0.3) is 0 Å². The Bertz CT molecular complexity index is 969. The van der Waals surface area contributed by atoms with E-state index in [1.807, 2.05) is 6.08 Å². The van der Waals surface area contributed by atoms with E-state index in [1.165, 1.54) is 11.1 Å². The number of aliphatic imine (C=N–C) groups is 1. The number of rotatable bonds is 4. The first-order valence-electron chi connectivity index (χ1n) is 10.0. The van der Waals surface area contributed by atoms with Crippen LogP contribution >= 0.6 is 11.6 Å². The highest BCUT2D eigenvalue weighted by molar-refractivity contribution is 6.67. The molecule has 5 heteroatoms. The summed E-state index contributed by atoms with van der Waals surface area (Å²) in [6.07, 6.45) is -0.501. The third-order valence-electron chi connectivity index (χ3n) is 6.19. The van der Waals surface area contributed by atoms with Crippen molar-refractivity contribution in [1.82, 2.24) is 0 Å². The maximum absolute atomic E-state index is 12.6. The van der Waals surface area contributed by atoms with Crippen LogP contribution in [0.4, 0.5) is 18.9 Å². The highest BCUT2D eigenvalue weighted by Crippen LogP contribution is 2.46. The van der Waals surface area contributed by atoms with Crippen molar-refractivity contribution in [2.24, 2.45) is 4.99 Å². The molecule has 0 spiro atoms. The minimum atomic E-state index is -4.65. The number of hydrogen-bond acceptors (Lipinski definition) is 1. The van der Waals surface area contributed by atoms with Crippen molar-refractivity contribution in [2.75, 3.05) is 0 Å². The lowest BCUT2D eigenvalue weighted by molar-refractivity contribution is -0.0558. The molecule has 0 aliphatic heterocycles. The summed E-state index contributed by atoms with van der Waals surface area (Å²) >= 11 is 5.24. The molecule has 1 aliphatic carbocycles. The Morgan fingerprint density at radius 1 is 0.967 bits per heavy atom. The van der Waals surface area contributed by atoms with Gasteiger partial charge >= 0.3 is 6.18 Å². The molecule has 30 heavy (non-hydrogen) atoms. The first-order valence-corrected chi connectivity index (χ1v) is 10.4. The quantitative estimate of drug-likeness (QED) is 0.340. The minimum Gasteiger partial charge on any atom is -0.232 e. The highest BCUT2D eigenvalue weighted by atomic mass is 35.5. The van der Waals surface area contributed by atoms with E-state index in [1.54, 1.807) is 24.3 Å². The lowest BCUT2D eigenvalue weighted by atomic mass is 9.62. The van der Waals surface area contributed by atoms with Gasteiger partial charge in [0.25, 0.3) is 0 Å². The van der Waals surface area contributed by atoms with Gasteiger partial charge in [-0.1, -0.05) is 75.7 Å². The molecule has 1 aliphatic rings. The molecule has 0 fully saturated rings. The first kappa shape index (κ1) is 22.6. The Morgan fingerprint density at radius 2 is 1.50 bits per heavy atom. The zero-order chi connectivity index (χ0) is 22.3. The van der Waals surface area contributed by atoms with Gasteiger partial charge in [0, 0.05) is 5.92 Å². The van der Waals surface area contributed by atoms with Crippen LogP contribution in [0.5, 0.6) is 0 Å². The molecule has 160 valence electrons. The summed E-state index contributed by atoms with van der Waals surface area (Å²) < 4.78 is 37.8. The molecule has 2 aromatic carbocycles. The molecule has 1 atom stereocenters. The predicted molar refractivity (Wildman–Crippen MR) is 119 cm³/mol. The fourth-order valence-electron chi connectivity index (χ4n) is 4.20. The van der Waals surface area contributed by atoms with Gasteiger partial charge in [-0.2, -0.15) is 13.2 Å². The molecule has 1 nitrogen and oxygen atoms in total. The van der Waals surface area contributed by atoms with Crippen LogP contribution in [0, 0.1) is 0 Å². The maximum Gasteiger partial charge on any atom is 0.444 e. The molecule has 0 bridgehead atoms. The second-order valence-corrected chi connectivity index (χ2v) is 9.64. The van der Waals surface area contributed by atoms with E-state index >= 15 is 0 Å². The lowest BCUT2D eigenvalue weighted by Gasteiger charge is -2.42. The Morgan fingerprint density at radius 3 is 2.03 bits per heavy atom. The molecule has 0 heterocycles. The van der Waals surface area contributed by atoms with Crippen molar-refractivity contribution in [1.29, 1.82) is 0 Å². The maximum atomic E-state index is 12.6. The number of nitrogens with zero attached hydrogens (tertiary/aromatic N) is 1.